The van der Waals surface area contributed by atoms with Crippen molar-refractivity contribution < 1.29 is 4.79 Å². The van der Waals surface area contributed by atoms with Crippen LogP contribution >= 0.6 is 0 Å². The number of aryl methyl sites for hydroxylation is 2. The number of carbonyl (C=O) groups excluding carboxylic acids is 1. The molecule has 0 radical (unpaired) electrons. The normalized spacial score (nSPS) is 12.7. The average Bonchev–Trinajstić information content (AvgIpc) is 2.91. The second-order valence-electron chi connectivity index (χ2n) is 8.58. The molecule has 1 unspecified atom stereocenters. The molecule has 2 rings (SSSR count). The summed E-state index contributed by atoms with van der Waals surface area (Å²) in [6.07, 6.45) is 13.0. The maximum Gasteiger partial charge on any atom is 0.132 e. The number of nitrogens with zero attached hydrogens (tertiary/aromatic N) is 1. The molecule has 0 saturated heterocycles. The van der Waals surface area contributed by atoms with Gasteiger partial charge >= 0.3 is 0 Å². The molecule has 188 valence electrons. The molecule has 1 atom stereocenters. The van der Waals surface area contributed by atoms with Gasteiger partial charge in [-0.3, -0.25) is 9.79 Å². The summed E-state index contributed by atoms with van der Waals surface area (Å²) in [5, 5.41) is 0. The van der Waals surface area contributed by atoms with Gasteiger partial charge in [0.25, 0.3) is 0 Å². The molecule has 0 saturated carbocycles. The summed E-state index contributed by atoms with van der Waals surface area (Å²) in [5.74, 6) is 0.785. The standard InChI is InChI=1S/C31H39NO.C2H6/c1-6-9-10-28(7-2)31(32-5)22-18-25-11-13-27(14-12-25)23-24(4)29-19-15-26(16-20-29)17-21-30(33)8-3;1-2/h6-7,9-16,19-20,24H,2,8,17-18,21-23H2,1,3-5H3;1-2H3/b9-6-,28-10+,32-31?;. The second kappa shape index (κ2) is 17.4. The monoisotopic (exact) mass is 471 g/mol. The van der Waals surface area contributed by atoms with Gasteiger partial charge in [-0.25, -0.2) is 0 Å². The van der Waals surface area contributed by atoms with Crippen LogP contribution in [0.4, 0.5) is 0 Å². The first-order valence-corrected chi connectivity index (χ1v) is 13.1. The lowest BCUT2D eigenvalue weighted by Crippen LogP contribution is -2.04. The van der Waals surface area contributed by atoms with Gasteiger partial charge in [0.1, 0.15) is 5.78 Å². The van der Waals surface area contributed by atoms with E-state index in [1.807, 2.05) is 53.0 Å². The second-order valence-corrected chi connectivity index (χ2v) is 8.58. The Morgan fingerprint density at radius 1 is 0.943 bits per heavy atom. The minimum absolute atomic E-state index is 0.334. The van der Waals surface area contributed by atoms with Gasteiger partial charge in [0, 0.05) is 25.6 Å². The predicted octanol–water partition coefficient (Wildman–Crippen LogP) is 8.66. The summed E-state index contributed by atoms with van der Waals surface area (Å²) < 4.78 is 0. The lowest BCUT2D eigenvalue weighted by molar-refractivity contribution is -0.118. The first-order chi connectivity index (χ1) is 17.0. The van der Waals surface area contributed by atoms with E-state index in [1.54, 1.807) is 0 Å². The van der Waals surface area contributed by atoms with Crippen molar-refractivity contribution in [1.29, 1.82) is 0 Å². The molecular formula is C33H45NO. The Labute approximate surface area is 214 Å². The van der Waals surface area contributed by atoms with E-state index in [0.29, 0.717) is 24.5 Å². The third-order valence-electron chi connectivity index (χ3n) is 6.14. The summed E-state index contributed by atoms with van der Waals surface area (Å²) in [4.78, 5) is 16.0. The minimum Gasteiger partial charge on any atom is -0.300 e. The lowest BCUT2D eigenvalue weighted by atomic mass is 9.92. The van der Waals surface area contributed by atoms with E-state index in [9.17, 15) is 4.79 Å². The average molecular weight is 472 g/mol. The van der Waals surface area contributed by atoms with Crippen LogP contribution in [0, 0.1) is 0 Å². The van der Waals surface area contributed by atoms with Crippen molar-refractivity contribution >= 4 is 11.5 Å². The fourth-order valence-corrected chi connectivity index (χ4v) is 3.92. The molecule has 0 spiro atoms. The number of benzene rings is 2. The molecular weight excluding hydrogens is 426 g/mol. The third kappa shape index (κ3) is 10.9. The highest BCUT2D eigenvalue weighted by molar-refractivity contribution is 6.02. The Balaban J connectivity index is 0.00000298. The van der Waals surface area contributed by atoms with Crippen LogP contribution in [0.2, 0.25) is 0 Å². The molecule has 0 amide bonds. The third-order valence-corrected chi connectivity index (χ3v) is 6.14. The Bertz CT molecular complexity index is 975. The molecule has 0 N–H and O–H groups in total. The van der Waals surface area contributed by atoms with Gasteiger partial charge in [0.2, 0.25) is 0 Å². The van der Waals surface area contributed by atoms with E-state index in [0.717, 1.165) is 37.0 Å². The number of aliphatic imine (C=N–C) groups is 1. The number of ketones is 1. The highest BCUT2D eigenvalue weighted by atomic mass is 16.1. The van der Waals surface area contributed by atoms with Crippen LogP contribution in [0.1, 0.15) is 82.1 Å². The van der Waals surface area contributed by atoms with Crippen molar-refractivity contribution in [2.45, 2.75) is 79.1 Å². The van der Waals surface area contributed by atoms with Gasteiger partial charge in [-0.1, -0.05) is 107 Å². The first kappa shape index (κ1) is 30.0. The van der Waals surface area contributed by atoms with E-state index in [1.165, 1.54) is 22.3 Å². The van der Waals surface area contributed by atoms with Crippen LogP contribution in [0.3, 0.4) is 0 Å². The Morgan fingerprint density at radius 2 is 1.49 bits per heavy atom. The Hall–Kier alpha value is -3.00. The van der Waals surface area contributed by atoms with Crippen LogP contribution in [0.5, 0.6) is 0 Å². The molecule has 2 heteroatoms. The highest BCUT2D eigenvalue weighted by Crippen LogP contribution is 2.22. The number of hydrogen-bond donors (Lipinski definition) is 0. The van der Waals surface area contributed by atoms with Gasteiger partial charge in [-0.2, -0.15) is 0 Å². The lowest BCUT2D eigenvalue weighted by Gasteiger charge is -2.13. The van der Waals surface area contributed by atoms with Crippen LogP contribution in [-0.2, 0) is 24.1 Å². The van der Waals surface area contributed by atoms with Crippen molar-refractivity contribution in [1.82, 2.24) is 0 Å². The predicted molar refractivity (Wildman–Crippen MR) is 155 cm³/mol. The molecule has 2 nitrogen and oxygen atoms in total. The van der Waals surface area contributed by atoms with E-state index < -0.39 is 0 Å². The van der Waals surface area contributed by atoms with E-state index >= 15 is 0 Å². The van der Waals surface area contributed by atoms with Crippen molar-refractivity contribution in [3.63, 3.8) is 0 Å². The SMILES string of the molecule is C=C/C(=C\C=C/C)C(CCc1ccc(CC(C)c2ccc(CCC(=O)CC)cc2)cc1)=NC.CC. The number of hydrogen-bond acceptors (Lipinski definition) is 2. The van der Waals surface area contributed by atoms with Crippen molar-refractivity contribution in [3.05, 3.63) is 107 Å². The van der Waals surface area contributed by atoms with Crippen LogP contribution in [-0.4, -0.2) is 18.5 Å². The number of rotatable bonds is 13. The first-order valence-electron chi connectivity index (χ1n) is 13.1. The highest BCUT2D eigenvalue weighted by Gasteiger charge is 2.09. The van der Waals surface area contributed by atoms with Crippen LogP contribution < -0.4 is 0 Å². The summed E-state index contributed by atoms with van der Waals surface area (Å²) in [6.45, 7) is 14.1. The Kier molecular flexibility index (Phi) is 15.0. The number of Topliss-reactive ketones (excluding diaryl/α,β-unsaturated/α-hetero) is 1. The Morgan fingerprint density at radius 3 is 2.00 bits per heavy atom. The molecule has 2 aromatic rings. The maximum absolute atomic E-state index is 11.5. The zero-order valence-electron chi connectivity index (χ0n) is 22.8. The largest absolute Gasteiger partial charge is 0.300 e. The minimum atomic E-state index is 0.334. The van der Waals surface area contributed by atoms with Crippen molar-refractivity contribution in [2.75, 3.05) is 7.05 Å². The van der Waals surface area contributed by atoms with Gasteiger partial charge in [0.05, 0.1) is 0 Å². The summed E-state index contributed by atoms with van der Waals surface area (Å²) in [7, 11) is 1.85. The summed E-state index contributed by atoms with van der Waals surface area (Å²) >= 11 is 0. The quantitative estimate of drug-likeness (QED) is 0.212. The molecule has 2 aromatic carbocycles. The summed E-state index contributed by atoms with van der Waals surface area (Å²) in [6, 6.07) is 17.8. The fraction of sp³-hybridized carbons (Fsp3) is 0.394. The zero-order valence-corrected chi connectivity index (χ0v) is 22.8. The molecule has 0 aliphatic heterocycles. The van der Waals surface area contributed by atoms with Crippen molar-refractivity contribution in [2.24, 2.45) is 4.99 Å². The topological polar surface area (TPSA) is 29.4 Å². The van der Waals surface area contributed by atoms with Crippen molar-refractivity contribution in [3.8, 4) is 0 Å². The van der Waals surface area contributed by atoms with Crippen LogP contribution in [0.15, 0.2) is 90.0 Å². The molecule has 0 aromatic heterocycles. The molecule has 35 heavy (non-hydrogen) atoms. The fourth-order valence-electron chi connectivity index (χ4n) is 3.92. The molecule has 0 bridgehead atoms. The van der Waals surface area contributed by atoms with E-state index in [4.69, 9.17) is 0 Å². The number of carbonyl (C=O) groups is 1. The molecule has 0 heterocycles. The van der Waals surface area contributed by atoms with Gasteiger partial charge in [0.15, 0.2) is 0 Å². The van der Waals surface area contributed by atoms with E-state index in [2.05, 4.69) is 73.1 Å². The van der Waals surface area contributed by atoms with Gasteiger partial charge in [-0.05, 0) is 66.4 Å². The molecule has 0 aliphatic rings. The smallest absolute Gasteiger partial charge is 0.132 e. The maximum atomic E-state index is 11.5. The number of allylic oxidation sites excluding steroid dienone is 5. The molecule has 0 fully saturated rings. The summed E-state index contributed by atoms with van der Waals surface area (Å²) in [5.41, 5.74) is 7.44. The van der Waals surface area contributed by atoms with Gasteiger partial charge in [-0.15, -0.1) is 0 Å². The van der Waals surface area contributed by atoms with Gasteiger partial charge < -0.3 is 0 Å². The van der Waals surface area contributed by atoms with E-state index in [-0.39, 0.29) is 0 Å². The molecule has 0 aliphatic carbocycles. The van der Waals surface area contributed by atoms with Crippen LogP contribution in [0.25, 0.3) is 0 Å². The zero-order chi connectivity index (χ0) is 26.1.